The van der Waals surface area contributed by atoms with E-state index in [0.29, 0.717) is 5.41 Å². The SMILES string of the molecule is CCCOc1ccc(CNC(C)(C)CC(C)(C)C)cc1Br. The molecule has 0 radical (unpaired) electrons. The third kappa shape index (κ3) is 7.32. The number of nitrogens with one attached hydrogen (secondary N) is 1. The van der Waals surface area contributed by atoms with Crippen LogP contribution in [0.2, 0.25) is 0 Å². The maximum absolute atomic E-state index is 5.68. The highest BCUT2D eigenvalue weighted by atomic mass is 79.9. The summed E-state index contributed by atoms with van der Waals surface area (Å²) in [4.78, 5) is 0. The Morgan fingerprint density at radius 1 is 1.14 bits per heavy atom. The Kier molecular flexibility index (Phi) is 6.73. The summed E-state index contributed by atoms with van der Waals surface area (Å²) >= 11 is 3.59. The molecule has 0 atom stereocenters. The lowest BCUT2D eigenvalue weighted by molar-refractivity contribution is 0.240. The smallest absolute Gasteiger partial charge is 0.133 e. The zero-order chi connectivity index (χ0) is 16.1. The first kappa shape index (κ1) is 18.5. The molecule has 0 aliphatic carbocycles. The molecule has 0 saturated carbocycles. The minimum Gasteiger partial charge on any atom is -0.492 e. The molecule has 21 heavy (non-hydrogen) atoms. The van der Waals surface area contributed by atoms with Gasteiger partial charge < -0.3 is 10.1 Å². The zero-order valence-electron chi connectivity index (χ0n) is 14.3. The molecule has 0 heterocycles. The molecule has 0 aliphatic heterocycles. The number of benzene rings is 1. The van der Waals surface area contributed by atoms with Crippen LogP contribution in [0.25, 0.3) is 0 Å². The highest BCUT2D eigenvalue weighted by Gasteiger charge is 2.24. The van der Waals surface area contributed by atoms with Crippen LogP contribution in [0, 0.1) is 5.41 Å². The molecule has 1 aromatic rings. The van der Waals surface area contributed by atoms with E-state index in [1.54, 1.807) is 0 Å². The number of hydrogen-bond acceptors (Lipinski definition) is 2. The van der Waals surface area contributed by atoms with Gasteiger partial charge in [0.2, 0.25) is 0 Å². The number of halogens is 1. The molecule has 0 bridgehead atoms. The summed E-state index contributed by atoms with van der Waals surface area (Å²) in [6, 6.07) is 6.33. The van der Waals surface area contributed by atoms with Crippen LogP contribution < -0.4 is 10.1 Å². The molecule has 1 aromatic carbocycles. The maximum Gasteiger partial charge on any atom is 0.133 e. The molecule has 0 amide bonds. The average molecular weight is 356 g/mol. The van der Waals surface area contributed by atoms with Crippen molar-refractivity contribution < 1.29 is 4.74 Å². The highest BCUT2D eigenvalue weighted by Crippen LogP contribution is 2.28. The Bertz CT molecular complexity index is 449. The van der Waals surface area contributed by atoms with Gasteiger partial charge in [-0.15, -0.1) is 0 Å². The van der Waals surface area contributed by atoms with Crippen LogP contribution in [0.15, 0.2) is 22.7 Å². The summed E-state index contributed by atoms with van der Waals surface area (Å²) in [7, 11) is 0. The first-order chi connectivity index (χ1) is 9.63. The van der Waals surface area contributed by atoms with Gasteiger partial charge in [0.25, 0.3) is 0 Å². The van der Waals surface area contributed by atoms with Crippen molar-refractivity contribution in [3.05, 3.63) is 28.2 Å². The summed E-state index contributed by atoms with van der Waals surface area (Å²) in [5.74, 6) is 0.926. The Morgan fingerprint density at radius 2 is 1.81 bits per heavy atom. The van der Waals surface area contributed by atoms with E-state index < -0.39 is 0 Å². The fourth-order valence-electron chi connectivity index (χ4n) is 2.71. The van der Waals surface area contributed by atoms with Crippen LogP contribution in [0.5, 0.6) is 5.75 Å². The van der Waals surface area contributed by atoms with Crippen LogP contribution >= 0.6 is 15.9 Å². The fourth-order valence-corrected chi connectivity index (χ4v) is 3.25. The Labute approximate surface area is 138 Å². The predicted octanol–water partition coefficient (Wildman–Crippen LogP) is 5.54. The molecule has 0 fully saturated rings. The minimum absolute atomic E-state index is 0.127. The fraction of sp³-hybridized carbons (Fsp3) is 0.667. The van der Waals surface area contributed by atoms with Gasteiger partial charge in [0, 0.05) is 12.1 Å². The van der Waals surface area contributed by atoms with E-state index in [-0.39, 0.29) is 5.54 Å². The van der Waals surface area contributed by atoms with Crippen LogP contribution in [0.3, 0.4) is 0 Å². The second-order valence-electron chi connectivity index (χ2n) is 7.59. The summed E-state index contributed by atoms with van der Waals surface area (Å²) in [6.07, 6.45) is 2.16. The molecule has 0 spiro atoms. The van der Waals surface area contributed by atoms with E-state index in [9.17, 15) is 0 Å². The molecule has 0 aromatic heterocycles. The molecular formula is C18H30BrNO. The van der Waals surface area contributed by atoms with E-state index >= 15 is 0 Å². The molecule has 0 aliphatic rings. The summed E-state index contributed by atoms with van der Waals surface area (Å²) in [6.45, 7) is 15.1. The molecule has 0 unspecified atom stereocenters. The lowest BCUT2D eigenvalue weighted by Gasteiger charge is -2.33. The molecule has 1 N–H and O–H groups in total. The van der Waals surface area contributed by atoms with Gasteiger partial charge in [-0.3, -0.25) is 0 Å². The number of hydrogen-bond donors (Lipinski definition) is 1. The van der Waals surface area contributed by atoms with Gasteiger partial charge in [-0.05, 0) is 65.7 Å². The van der Waals surface area contributed by atoms with Crippen LogP contribution in [-0.2, 0) is 6.54 Å². The van der Waals surface area contributed by atoms with Crippen LogP contribution in [0.4, 0.5) is 0 Å². The Balaban J connectivity index is 2.61. The minimum atomic E-state index is 0.127. The van der Waals surface area contributed by atoms with E-state index in [2.05, 4.69) is 74.9 Å². The van der Waals surface area contributed by atoms with Gasteiger partial charge in [-0.25, -0.2) is 0 Å². The van der Waals surface area contributed by atoms with Crippen molar-refractivity contribution in [2.75, 3.05) is 6.61 Å². The van der Waals surface area contributed by atoms with Gasteiger partial charge in [-0.1, -0.05) is 33.8 Å². The van der Waals surface area contributed by atoms with Gasteiger partial charge in [0.15, 0.2) is 0 Å². The second kappa shape index (κ2) is 7.64. The first-order valence-electron chi connectivity index (χ1n) is 7.79. The van der Waals surface area contributed by atoms with E-state index in [0.717, 1.165) is 36.2 Å². The average Bonchev–Trinajstić information content (AvgIpc) is 2.32. The number of ether oxygens (including phenoxy) is 1. The molecule has 2 nitrogen and oxygen atoms in total. The molecule has 3 heteroatoms. The molecule has 120 valence electrons. The third-order valence-electron chi connectivity index (χ3n) is 3.20. The summed E-state index contributed by atoms with van der Waals surface area (Å²) in [5.41, 5.74) is 1.73. The first-order valence-corrected chi connectivity index (χ1v) is 8.58. The molecule has 0 saturated heterocycles. The predicted molar refractivity (Wildman–Crippen MR) is 94.9 cm³/mol. The highest BCUT2D eigenvalue weighted by molar-refractivity contribution is 9.10. The standard InChI is InChI=1S/C18H30BrNO/c1-7-10-21-16-9-8-14(11-15(16)19)12-20-18(5,6)13-17(2,3)4/h8-9,11,20H,7,10,12-13H2,1-6H3. The topological polar surface area (TPSA) is 21.3 Å². The maximum atomic E-state index is 5.68. The molecule has 1 rings (SSSR count). The van der Waals surface area contributed by atoms with E-state index in [1.807, 2.05) is 6.07 Å². The van der Waals surface area contributed by atoms with Crippen LogP contribution in [0.1, 0.15) is 59.9 Å². The van der Waals surface area contributed by atoms with Gasteiger partial charge in [0.05, 0.1) is 11.1 Å². The Morgan fingerprint density at radius 3 is 2.33 bits per heavy atom. The van der Waals surface area contributed by atoms with Gasteiger partial charge in [-0.2, -0.15) is 0 Å². The zero-order valence-corrected chi connectivity index (χ0v) is 15.9. The lowest BCUT2D eigenvalue weighted by Crippen LogP contribution is -2.41. The van der Waals surface area contributed by atoms with Crippen molar-refractivity contribution in [2.24, 2.45) is 5.41 Å². The number of rotatable bonds is 7. The Hall–Kier alpha value is -0.540. The van der Waals surface area contributed by atoms with Crippen molar-refractivity contribution in [3.8, 4) is 5.75 Å². The normalized spacial score (nSPS) is 12.5. The van der Waals surface area contributed by atoms with E-state index in [4.69, 9.17) is 4.74 Å². The van der Waals surface area contributed by atoms with Crippen molar-refractivity contribution in [3.63, 3.8) is 0 Å². The van der Waals surface area contributed by atoms with E-state index in [1.165, 1.54) is 5.56 Å². The molecular weight excluding hydrogens is 326 g/mol. The van der Waals surface area contributed by atoms with Crippen molar-refractivity contribution in [2.45, 2.75) is 66.5 Å². The lowest BCUT2D eigenvalue weighted by atomic mass is 9.82. The third-order valence-corrected chi connectivity index (χ3v) is 3.82. The van der Waals surface area contributed by atoms with Crippen molar-refractivity contribution >= 4 is 15.9 Å². The largest absolute Gasteiger partial charge is 0.492 e. The van der Waals surface area contributed by atoms with Crippen LogP contribution in [-0.4, -0.2) is 12.1 Å². The van der Waals surface area contributed by atoms with Crippen molar-refractivity contribution in [1.29, 1.82) is 0 Å². The second-order valence-corrected chi connectivity index (χ2v) is 8.44. The van der Waals surface area contributed by atoms with Gasteiger partial charge in [0.1, 0.15) is 5.75 Å². The quantitative estimate of drug-likeness (QED) is 0.692. The monoisotopic (exact) mass is 355 g/mol. The van der Waals surface area contributed by atoms with Gasteiger partial charge >= 0.3 is 0 Å². The summed E-state index contributed by atoms with van der Waals surface area (Å²) in [5, 5.41) is 3.66. The summed E-state index contributed by atoms with van der Waals surface area (Å²) < 4.78 is 6.72. The van der Waals surface area contributed by atoms with Crippen molar-refractivity contribution in [1.82, 2.24) is 5.32 Å².